The molecule has 2 N–H and O–H groups in total. The molecule has 0 bridgehead atoms. The highest BCUT2D eigenvalue weighted by molar-refractivity contribution is 9.10. The third-order valence-corrected chi connectivity index (χ3v) is 4.24. The Bertz CT molecular complexity index is 403. The monoisotopic (exact) mass is 296 g/mol. The second-order valence-corrected chi connectivity index (χ2v) is 5.76. The van der Waals surface area contributed by atoms with Gasteiger partial charge in [-0.25, -0.2) is 0 Å². The number of piperidine rings is 1. The van der Waals surface area contributed by atoms with Gasteiger partial charge in [0, 0.05) is 22.7 Å². The second kappa shape index (κ2) is 5.30. The van der Waals surface area contributed by atoms with Crippen molar-refractivity contribution in [1.29, 1.82) is 0 Å². The molecule has 1 saturated heterocycles. The molecule has 1 fully saturated rings. The number of aryl methyl sites for hydroxylation is 1. The van der Waals surface area contributed by atoms with Crippen LogP contribution < -0.4 is 10.6 Å². The van der Waals surface area contributed by atoms with Gasteiger partial charge in [0.2, 0.25) is 0 Å². The van der Waals surface area contributed by atoms with E-state index in [2.05, 4.69) is 40.7 Å². The molecular formula is C14H21BrN2. The first-order valence-corrected chi connectivity index (χ1v) is 7.27. The summed E-state index contributed by atoms with van der Waals surface area (Å²) in [5.74, 6) is 0. The summed E-state index contributed by atoms with van der Waals surface area (Å²) in [7, 11) is 0. The first-order valence-electron chi connectivity index (χ1n) is 6.48. The fourth-order valence-corrected chi connectivity index (χ4v) is 3.45. The van der Waals surface area contributed by atoms with Crippen LogP contribution in [0.4, 0.5) is 11.4 Å². The van der Waals surface area contributed by atoms with Crippen molar-refractivity contribution in [3.8, 4) is 0 Å². The molecule has 0 amide bonds. The van der Waals surface area contributed by atoms with Gasteiger partial charge >= 0.3 is 0 Å². The minimum absolute atomic E-state index is 0.633. The standard InChI is InChI=1S/C14H21BrN2/c1-3-11-8-12(16)9-13(15)14(11)17-7-5-4-6-10(17)2/h8-10H,3-7,16H2,1-2H3/t10-/m0/s1. The van der Waals surface area contributed by atoms with Crippen LogP contribution in [0, 0.1) is 0 Å². The first kappa shape index (κ1) is 12.7. The molecule has 1 aromatic rings. The summed E-state index contributed by atoms with van der Waals surface area (Å²) in [6.07, 6.45) is 4.97. The number of rotatable bonds is 2. The van der Waals surface area contributed by atoms with Crippen molar-refractivity contribution in [1.82, 2.24) is 0 Å². The van der Waals surface area contributed by atoms with E-state index in [1.165, 1.54) is 30.5 Å². The van der Waals surface area contributed by atoms with E-state index in [-0.39, 0.29) is 0 Å². The van der Waals surface area contributed by atoms with Gasteiger partial charge in [0.15, 0.2) is 0 Å². The lowest BCUT2D eigenvalue weighted by molar-refractivity contribution is 0.483. The van der Waals surface area contributed by atoms with Crippen molar-refractivity contribution >= 4 is 27.3 Å². The topological polar surface area (TPSA) is 29.3 Å². The van der Waals surface area contributed by atoms with E-state index in [1.807, 2.05) is 6.07 Å². The van der Waals surface area contributed by atoms with Crippen LogP contribution in [0.2, 0.25) is 0 Å². The molecular weight excluding hydrogens is 276 g/mol. The van der Waals surface area contributed by atoms with Crippen molar-refractivity contribution < 1.29 is 0 Å². The number of anilines is 2. The van der Waals surface area contributed by atoms with Crippen molar-refractivity contribution in [3.63, 3.8) is 0 Å². The Morgan fingerprint density at radius 1 is 1.41 bits per heavy atom. The van der Waals surface area contributed by atoms with E-state index >= 15 is 0 Å². The van der Waals surface area contributed by atoms with Gasteiger partial charge in [-0.3, -0.25) is 0 Å². The maximum atomic E-state index is 5.92. The lowest BCUT2D eigenvalue weighted by atomic mass is 10.00. The minimum Gasteiger partial charge on any atom is -0.399 e. The minimum atomic E-state index is 0.633. The Kier molecular flexibility index (Phi) is 3.97. The normalized spacial score (nSPS) is 20.6. The third-order valence-electron chi connectivity index (χ3n) is 3.64. The average Bonchev–Trinajstić information content (AvgIpc) is 2.29. The van der Waals surface area contributed by atoms with Crippen LogP contribution in [0.15, 0.2) is 16.6 Å². The Morgan fingerprint density at radius 2 is 2.18 bits per heavy atom. The first-order chi connectivity index (χ1) is 8.13. The fourth-order valence-electron chi connectivity index (χ4n) is 2.70. The molecule has 0 saturated carbocycles. The number of nitrogens with zero attached hydrogens (tertiary/aromatic N) is 1. The Balaban J connectivity index is 2.42. The zero-order chi connectivity index (χ0) is 12.4. The van der Waals surface area contributed by atoms with Gasteiger partial charge in [0.25, 0.3) is 0 Å². The fraction of sp³-hybridized carbons (Fsp3) is 0.571. The van der Waals surface area contributed by atoms with Crippen LogP contribution in [0.3, 0.4) is 0 Å². The zero-order valence-corrected chi connectivity index (χ0v) is 12.3. The number of hydrogen-bond donors (Lipinski definition) is 1. The Labute approximate surface area is 112 Å². The smallest absolute Gasteiger partial charge is 0.0547 e. The van der Waals surface area contributed by atoms with Crippen molar-refractivity contribution in [2.24, 2.45) is 0 Å². The quantitative estimate of drug-likeness (QED) is 0.837. The van der Waals surface area contributed by atoms with E-state index in [0.29, 0.717) is 6.04 Å². The maximum absolute atomic E-state index is 5.92. The lowest BCUT2D eigenvalue weighted by Gasteiger charge is -2.37. The van der Waals surface area contributed by atoms with Gasteiger partial charge in [-0.2, -0.15) is 0 Å². The van der Waals surface area contributed by atoms with E-state index in [9.17, 15) is 0 Å². The molecule has 1 aromatic carbocycles. The summed E-state index contributed by atoms with van der Waals surface area (Å²) in [6, 6.07) is 4.77. The van der Waals surface area contributed by atoms with Crippen molar-refractivity contribution in [2.45, 2.75) is 45.6 Å². The third kappa shape index (κ3) is 2.59. The molecule has 1 heterocycles. The van der Waals surface area contributed by atoms with Gasteiger partial charge in [-0.05, 0) is 66.2 Å². The molecule has 2 rings (SSSR count). The summed E-state index contributed by atoms with van der Waals surface area (Å²) in [5, 5.41) is 0. The van der Waals surface area contributed by atoms with Gasteiger partial charge in [0.05, 0.1) is 5.69 Å². The maximum Gasteiger partial charge on any atom is 0.0547 e. The molecule has 0 radical (unpaired) electrons. The average molecular weight is 297 g/mol. The van der Waals surface area contributed by atoms with Gasteiger partial charge < -0.3 is 10.6 Å². The predicted octanol–water partition coefficient (Wildman–Crippen LogP) is 3.97. The summed E-state index contributed by atoms with van der Waals surface area (Å²) in [6.45, 7) is 5.68. The molecule has 0 aromatic heterocycles. The van der Waals surface area contributed by atoms with Crippen LogP contribution in [-0.4, -0.2) is 12.6 Å². The molecule has 2 nitrogen and oxygen atoms in total. The number of benzene rings is 1. The second-order valence-electron chi connectivity index (χ2n) is 4.90. The molecule has 94 valence electrons. The summed E-state index contributed by atoms with van der Waals surface area (Å²) in [5.41, 5.74) is 9.48. The number of nitrogens with two attached hydrogens (primary N) is 1. The van der Waals surface area contributed by atoms with Crippen LogP contribution in [0.1, 0.15) is 38.7 Å². The summed E-state index contributed by atoms with van der Waals surface area (Å²) < 4.78 is 1.14. The van der Waals surface area contributed by atoms with Crippen LogP contribution in [0.5, 0.6) is 0 Å². The summed E-state index contributed by atoms with van der Waals surface area (Å²) in [4.78, 5) is 2.53. The lowest BCUT2D eigenvalue weighted by Crippen LogP contribution is -2.38. The van der Waals surface area contributed by atoms with E-state index in [0.717, 1.165) is 23.1 Å². The van der Waals surface area contributed by atoms with Gasteiger partial charge in [0.1, 0.15) is 0 Å². The van der Waals surface area contributed by atoms with Gasteiger partial charge in [-0.15, -0.1) is 0 Å². The molecule has 1 atom stereocenters. The molecule has 0 unspecified atom stereocenters. The highest BCUT2D eigenvalue weighted by atomic mass is 79.9. The molecule has 1 aliphatic heterocycles. The highest BCUT2D eigenvalue weighted by Gasteiger charge is 2.22. The van der Waals surface area contributed by atoms with E-state index < -0.39 is 0 Å². The molecule has 0 spiro atoms. The van der Waals surface area contributed by atoms with Crippen LogP contribution >= 0.6 is 15.9 Å². The Hall–Kier alpha value is -0.700. The predicted molar refractivity (Wildman–Crippen MR) is 78.6 cm³/mol. The van der Waals surface area contributed by atoms with E-state index in [4.69, 9.17) is 5.73 Å². The summed E-state index contributed by atoms with van der Waals surface area (Å²) >= 11 is 3.68. The van der Waals surface area contributed by atoms with E-state index in [1.54, 1.807) is 0 Å². The van der Waals surface area contributed by atoms with Gasteiger partial charge in [-0.1, -0.05) is 6.92 Å². The number of halogens is 1. The molecule has 1 aliphatic rings. The SMILES string of the molecule is CCc1cc(N)cc(Br)c1N1CCCC[C@@H]1C. The zero-order valence-electron chi connectivity index (χ0n) is 10.7. The number of nitrogen functional groups attached to an aromatic ring is 1. The molecule has 3 heteroatoms. The highest BCUT2D eigenvalue weighted by Crippen LogP contribution is 2.36. The van der Waals surface area contributed by atoms with Crippen LogP contribution in [0.25, 0.3) is 0 Å². The Morgan fingerprint density at radius 3 is 2.82 bits per heavy atom. The largest absolute Gasteiger partial charge is 0.399 e. The number of hydrogen-bond acceptors (Lipinski definition) is 2. The van der Waals surface area contributed by atoms with Crippen molar-refractivity contribution in [2.75, 3.05) is 17.2 Å². The molecule has 17 heavy (non-hydrogen) atoms. The van der Waals surface area contributed by atoms with Crippen LogP contribution in [-0.2, 0) is 6.42 Å². The van der Waals surface area contributed by atoms with Crippen molar-refractivity contribution in [3.05, 3.63) is 22.2 Å². The molecule has 0 aliphatic carbocycles.